The standard InChI is InChI=1S/C35H25N2O.C12H10N.Ir/c1-21-20-36-33(31-11-7-10-29-30-15-12-22(2)37-35(30)38-34(29)31)19-32(21)28-17-14-26-18-25(13-16-27(26)23(28)3)24-8-5-4-6-9-24;1-10-7-8-12(13-9-10)11-5-3-2-4-6-11;/h4-10,12-20H,1-3H3;2-5,7-9H,1H3;/q2*-1;. The molecule has 0 saturated heterocycles. The minimum Gasteiger partial charge on any atom is -0.486 e. The van der Waals surface area contributed by atoms with Gasteiger partial charge in [-0.05, 0) is 107 Å². The Morgan fingerprint density at radius 1 is 0.577 bits per heavy atom. The molecule has 0 aliphatic heterocycles. The summed E-state index contributed by atoms with van der Waals surface area (Å²) in [6, 6.07) is 50.4. The van der Waals surface area contributed by atoms with Crippen LogP contribution in [0.1, 0.15) is 22.4 Å². The molecule has 0 amide bonds. The van der Waals surface area contributed by atoms with Crippen LogP contribution in [0.2, 0.25) is 0 Å². The Balaban J connectivity index is 0.000000254. The van der Waals surface area contributed by atoms with Crippen molar-refractivity contribution in [3.8, 4) is 44.8 Å². The molecule has 0 N–H and O–H groups in total. The molecule has 4 aromatic heterocycles. The summed E-state index contributed by atoms with van der Waals surface area (Å²) in [5, 5.41) is 4.53. The molecule has 4 heterocycles. The fourth-order valence-electron chi connectivity index (χ4n) is 6.62. The molecule has 0 aliphatic rings. The Bertz CT molecular complexity index is 2670. The summed E-state index contributed by atoms with van der Waals surface area (Å²) in [5.74, 6) is 0. The fourth-order valence-corrected chi connectivity index (χ4v) is 6.62. The zero-order chi connectivity index (χ0) is 34.9. The molecule has 5 heteroatoms. The number of furan rings is 1. The van der Waals surface area contributed by atoms with Crippen molar-refractivity contribution in [2.45, 2.75) is 27.7 Å². The average molecular weight is 850 g/mol. The molecule has 0 spiro atoms. The van der Waals surface area contributed by atoms with Gasteiger partial charge in [0.15, 0.2) is 0 Å². The topological polar surface area (TPSA) is 51.8 Å². The van der Waals surface area contributed by atoms with Crippen LogP contribution in [0.15, 0.2) is 144 Å². The predicted molar refractivity (Wildman–Crippen MR) is 209 cm³/mol. The van der Waals surface area contributed by atoms with Crippen LogP contribution in [0.5, 0.6) is 0 Å². The van der Waals surface area contributed by atoms with Crippen LogP contribution >= 0.6 is 0 Å². The smallest absolute Gasteiger partial charge is 0.216 e. The monoisotopic (exact) mass is 850 g/mol. The Morgan fingerprint density at radius 3 is 2.17 bits per heavy atom. The maximum atomic E-state index is 6.24. The summed E-state index contributed by atoms with van der Waals surface area (Å²) in [6.45, 7) is 8.33. The second kappa shape index (κ2) is 14.9. The Labute approximate surface area is 317 Å². The van der Waals surface area contributed by atoms with Crippen LogP contribution in [0.3, 0.4) is 0 Å². The zero-order valence-electron chi connectivity index (χ0n) is 29.4. The third-order valence-corrected chi connectivity index (χ3v) is 9.38. The van der Waals surface area contributed by atoms with Crippen molar-refractivity contribution in [3.63, 3.8) is 0 Å². The first-order chi connectivity index (χ1) is 24.9. The van der Waals surface area contributed by atoms with Crippen LogP contribution in [-0.2, 0) is 20.1 Å². The first-order valence-corrected chi connectivity index (χ1v) is 17.1. The first-order valence-electron chi connectivity index (χ1n) is 17.1. The molecule has 52 heavy (non-hydrogen) atoms. The molecule has 1 radical (unpaired) electrons. The van der Waals surface area contributed by atoms with E-state index in [0.717, 1.165) is 55.7 Å². The molecule has 4 nitrogen and oxygen atoms in total. The summed E-state index contributed by atoms with van der Waals surface area (Å²) in [5.41, 5.74) is 14.5. The van der Waals surface area contributed by atoms with Crippen molar-refractivity contribution in [3.05, 3.63) is 174 Å². The van der Waals surface area contributed by atoms with Gasteiger partial charge in [-0.3, -0.25) is 0 Å². The molecular formula is C47H35IrN3O-2. The number of pyridine rings is 3. The van der Waals surface area contributed by atoms with Crippen molar-refractivity contribution in [1.82, 2.24) is 15.0 Å². The van der Waals surface area contributed by atoms with E-state index < -0.39 is 0 Å². The van der Waals surface area contributed by atoms with Crippen LogP contribution in [0, 0.1) is 39.8 Å². The summed E-state index contributed by atoms with van der Waals surface area (Å²) in [7, 11) is 0. The Hall–Kier alpha value is -5.74. The third kappa shape index (κ3) is 6.81. The van der Waals surface area contributed by atoms with Crippen molar-refractivity contribution in [1.29, 1.82) is 0 Å². The molecule has 9 rings (SSSR count). The van der Waals surface area contributed by atoms with Crippen molar-refractivity contribution < 1.29 is 24.5 Å². The van der Waals surface area contributed by atoms with E-state index in [2.05, 4.69) is 115 Å². The first kappa shape index (κ1) is 34.7. The summed E-state index contributed by atoms with van der Waals surface area (Å²) in [4.78, 5) is 13.7. The normalized spacial score (nSPS) is 10.9. The van der Waals surface area contributed by atoms with E-state index in [1.165, 1.54) is 38.6 Å². The van der Waals surface area contributed by atoms with E-state index in [4.69, 9.17) is 9.40 Å². The molecule has 0 unspecified atom stereocenters. The number of aromatic nitrogens is 3. The van der Waals surface area contributed by atoms with E-state index in [0.29, 0.717) is 5.71 Å². The largest absolute Gasteiger partial charge is 0.486 e. The number of hydrogen-bond donors (Lipinski definition) is 0. The van der Waals surface area contributed by atoms with Gasteiger partial charge in [0, 0.05) is 43.6 Å². The fraction of sp³-hybridized carbons (Fsp3) is 0.0851. The van der Waals surface area contributed by atoms with E-state index in [1.54, 1.807) is 0 Å². The van der Waals surface area contributed by atoms with Gasteiger partial charge in [-0.15, -0.1) is 54.1 Å². The molecule has 0 saturated carbocycles. The molecule has 255 valence electrons. The second-order valence-electron chi connectivity index (χ2n) is 12.9. The van der Waals surface area contributed by atoms with Crippen LogP contribution in [-0.4, -0.2) is 15.0 Å². The van der Waals surface area contributed by atoms with Crippen molar-refractivity contribution in [2.24, 2.45) is 0 Å². The number of aryl methyl sites for hydroxylation is 4. The van der Waals surface area contributed by atoms with Gasteiger partial charge >= 0.3 is 0 Å². The van der Waals surface area contributed by atoms with E-state index in [-0.39, 0.29) is 20.1 Å². The SMILES string of the molecule is Cc1ccc(-c2[c-]cccc2)nc1.Cc1ccc2c(n1)oc1c(-c3cc(-c4ccc5cc(-c6ccccc6)ccc5c4C)c(C)cn3)[c-]ccc12.[Ir]. The molecular weight excluding hydrogens is 815 g/mol. The predicted octanol–water partition coefficient (Wildman–Crippen LogP) is 12.1. The Kier molecular flexibility index (Phi) is 9.91. The van der Waals surface area contributed by atoms with Crippen LogP contribution in [0.4, 0.5) is 0 Å². The molecule has 9 aromatic rings. The minimum atomic E-state index is 0. The number of fused-ring (bicyclic) bond motifs is 4. The van der Waals surface area contributed by atoms with Gasteiger partial charge in [-0.1, -0.05) is 83.7 Å². The third-order valence-electron chi connectivity index (χ3n) is 9.38. The second-order valence-corrected chi connectivity index (χ2v) is 12.9. The molecule has 0 bridgehead atoms. The van der Waals surface area contributed by atoms with Gasteiger partial charge in [-0.2, -0.15) is 0 Å². The van der Waals surface area contributed by atoms with Gasteiger partial charge < -0.3 is 14.4 Å². The number of nitrogens with zero attached hydrogens (tertiary/aromatic N) is 3. The van der Waals surface area contributed by atoms with E-state index in [9.17, 15) is 0 Å². The van der Waals surface area contributed by atoms with E-state index >= 15 is 0 Å². The van der Waals surface area contributed by atoms with Crippen molar-refractivity contribution in [2.75, 3.05) is 0 Å². The van der Waals surface area contributed by atoms with Gasteiger partial charge in [0.2, 0.25) is 5.71 Å². The average Bonchev–Trinajstić information content (AvgIpc) is 3.54. The summed E-state index contributed by atoms with van der Waals surface area (Å²) < 4.78 is 6.24. The van der Waals surface area contributed by atoms with Crippen molar-refractivity contribution >= 4 is 32.8 Å². The maximum absolute atomic E-state index is 6.24. The molecule has 5 aromatic carbocycles. The number of rotatable bonds is 4. The summed E-state index contributed by atoms with van der Waals surface area (Å²) in [6.07, 6.45) is 3.82. The van der Waals surface area contributed by atoms with Gasteiger partial charge in [0.05, 0.1) is 5.58 Å². The van der Waals surface area contributed by atoms with Crippen LogP contribution in [0.25, 0.3) is 77.6 Å². The van der Waals surface area contributed by atoms with E-state index in [1.807, 2.05) is 74.8 Å². The zero-order valence-corrected chi connectivity index (χ0v) is 31.8. The molecule has 0 atom stereocenters. The van der Waals surface area contributed by atoms with Crippen LogP contribution < -0.4 is 0 Å². The molecule has 0 fully saturated rings. The number of benzene rings is 5. The quantitative estimate of drug-likeness (QED) is 0.166. The van der Waals surface area contributed by atoms with Gasteiger partial charge in [-0.25, -0.2) is 4.98 Å². The molecule has 0 aliphatic carbocycles. The van der Waals surface area contributed by atoms with Gasteiger partial charge in [0.1, 0.15) is 0 Å². The summed E-state index contributed by atoms with van der Waals surface area (Å²) >= 11 is 0. The van der Waals surface area contributed by atoms with Gasteiger partial charge in [0.25, 0.3) is 0 Å². The Morgan fingerprint density at radius 2 is 1.38 bits per heavy atom. The maximum Gasteiger partial charge on any atom is 0.216 e. The number of hydrogen-bond acceptors (Lipinski definition) is 4. The minimum absolute atomic E-state index is 0.